The summed E-state index contributed by atoms with van der Waals surface area (Å²) in [5.74, 6) is -1.87. The number of rotatable bonds is 4. The van der Waals surface area contributed by atoms with Gasteiger partial charge >= 0.3 is 5.97 Å². The van der Waals surface area contributed by atoms with Crippen molar-refractivity contribution >= 4 is 11.9 Å². The molecule has 0 bridgehead atoms. The first kappa shape index (κ1) is 14.2. The largest absolute Gasteiger partial charge is 0.508 e. The zero-order chi connectivity index (χ0) is 14.8. The summed E-state index contributed by atoms with van der Waals surface area (Å²) in [4.78, 5) is 23.1. The van der Waals surface area contributed by atoms with Crippen molar-refractivity contribution in [3.63, 3.8) is 0 Å². The summed E-state index contributed by atoms with van der Waals surface area (Å²) in [6, 6.07) is 3.59. The lowest BCUT2D eigenvalue weighted by atomic mass is 9.92. The number of amides is 1. The highest BCUT2D eigenvalue weighted by molar-refractivity contribution is 5.95. The van der Waals surface area contributed by atoms with Gasteiger partial charge in [-0.15, -0.1) is 0 Å². The second-order valence-electron chi connectivity index (χ2n) is 5.25. The molecule has 1 aliphatic carbocycles. The van der Waals surface area contributed by atoms with Crippen molar-refractivity contribution < 1.29 is 24.9 Å². The van der Waals surface area contributed by atoms with Gasteiger partial charge in [0.15, 0.2) is 0 Å². The van der Waals surface area contributed by atoms with Crippen LogP contribution in [0.15, 0.2) is 18.2 Å². The lowest BCUT2D eigenvalue weighted by Crippen LogP contribution is -2.47. The second kappa shape index (κ2) is 5.40. The Hall–Kier alpha value is -2.24. The lowest BCUT2D eigenvalue weighted by molar-refractivity contribution is -0.138. The Morgan fingerprint density at radius 3 is 2.15 bits per heavy atom. The SMILES string of the molecule is O=C(O)CC1(NC(=O)c2cc(O)cc(O)c2)CCCC1. The Balaban J connectivity index is 2.18. The van der Waals surface area contributed by atoms with Gasteiger partial charge in [0, 0.05) is 11.6 Å². The third kappa shape index (κ3) is 3.20. The summed E-state index contributed by atoms with van der Waals surface area (Å²) in [7, 11) is 0. The smallest absolute Gasteiger partial charge is 0.305 e. The van der Waals surface area contributed by atoms with E-state index in [1.807, 2.05) is 0 Å². The molecule has 0 radical (unpaired) electrons. The monoisotopic (exact) mass is 279 g/mol. The molecule has 108 valence electrons. The van der Waals surface area contributed by atoms with Crippen LogP contribution in [0.2, 0.25) is 0 Å². The Bertz CT molecular complexity index is 514. The van der Waals surface area contributed by atoms with Gasteiger partial charge in [-0.05, 0) is 25.0 Å². The molecule has 1 saturated carbocycles. The van der Waals surface area contributed by atoms with E-state index in [0.717, 1.165) is 18.9 Å². The molecule has 2 rings (SSSR count). The molecule has 20 heavy (non-hydrogen) atoms. The highest BCUT2D eigenvalue weighted by atomic mass is 16.4. The number of carbonyl (C=O) groups excluding carboxylic acids is 1. The minimum Gasteiger partial charge on any atom is -0.508 e. The summed E-state index contributed by atoms with van der Waals surface area (Å²) in [5.41, 5.74) is -0.622. The fourth-order valence-electron chi connectivity index (χ4n) is 2.73. The number of carboxylic acids is 1. The molecule has 6 heteroatoms. The molecule has 1 aliphatic rings. The number of nitrogens with one attached hydrogen (secondary N) is 1. The summed E-state index contributed by atoms with van der Waals surface area (Å²) < 4.78 is 0. The second-order valence-corrected chi connectivity index (χ2v) is 5.25. The van der Waals surface area contributed by atoms with Gasteiger partial charge in [-0.3, -0.25) is 9.59 Å². The Morgan fingerprint density at radius 1 is 1.10 bits per heavy atom. The van der Waals surface area contributed by atoms with Gasteiger partial charge < -0.3 is 20.6 Å². The highest BCUT2D eigenvalue weighted by Crippen LogP contribution is 2.33. The summed E-state index contributed by atoms with van der Waals surface area (Å²) in [6.45, 7) is 0. The molecule has 0 aliphatic heterocycles. The first-order chi connectivity index (χ1) is 9.40. The number of phenols is 2. The fourth-order valence-corrected chi connectivity index (χ4v) is 2.73. The summed E-state index contributed by atoms with van der Waals surface area (Å²) in [5, 5.41) is 30.5. The average Bonchev–Trinajstić information content (AvgIpc) is 2.74. The topological polar surface area (TPSA) is 107 Å². The molecule has 1 aromatic rings. The predicted molar refractivity (Wildman–Crippen MR) is 70.7 cm³/mol. The summed E-state index contributed by atoms with van der Waals surface area (Å²) in [6.07, 6.45) is 2.87. The molecule has 0 spiro atoms. The fraction of sp³-hybridized carbons (Fsp3) is 0.429. The van der Waals surface area contributed by atoms with E-state index in [1.54, 1.807) is 0 Å². The predicted octanol–water partition coefficient (Wildman–Crippen LogP) is 1.62. The van der Waals surface area contributed by atoms with Crippen molar-refractivity contribution in [2.75, 3.05) is 0 Å². The molecule has 0 unspecified atom stereocenters. The van der Waals surface area contributed by atoms with Crippen LogP contribution in [0.25, 0.3) is 0 Å². The van der Waals surface area contributed by atoms with Gasteiger partial charge in [0.25, 0.3) is 5.91 Å². The minimum absolute atomic E-state index is 0.110. The van der Waals surface area contributed by atoms with Crippen molar-refractivity contribution in [1.29, 1.82) is 0 Å². The van der Waals surface area contributed by atoms with Crippen LogP contribution >= 0.6 is 0 Å². The van der Waals surface area contributed by atoms with E-state index in [-0.39, 0.29) is 23.5 Å². The van der Waals surface area contributed by atoms with Gasteiger partial charge in [0.05, 0.1) is 12.0 Å². The first-order valence-corrected chi connectivity index (χ1v) is 6.48. The number of aromatic hydroxyl groups is 2. The third-order valence-corrected chi connectivity index (χ3v) is 3.59. The van der Waals surface area contributed by atoms with Crippen molar-refractivity contribution in [2.45, 2.75) is 37.6 Å². The van der Waals surface area contributed by atoms with E-state index < -0.39 is 17.4 Å². The van der Waals surface area contributed by atoms with Gasteiger partial charge in [-0.1, -0.05) is 12.8 Å². The first-order valence-electron chi connectivity index (χ1n) is 6.48. The van der Waals surface area contributed by atoms with E-state index in [2.05, 4.69) is 5.32 Å². The number of hydrogen-bond donors (Lipinski definition) is 4. The van der Waals surface area contributed by atoms with Crippen molar-refractivity contribution in [3.05, 3.63) is 23.8 Å². The molecule has 0 heterocycles. The zero-order valence-electron chi connectivity index (χ0n) is 10.9. The van der Waals surface area contributed by atoms with Crippen LogP contribution in [0.1, 0.15) is 42.5 Å². The molecule has 6 nitrogen and oxygen atoms in total. The van der Waals surface area contributed by atoms with Crippen LogP contribution in [0, 0.1) is 0 Å². The molecule has 0 aromatic heterocycles. The number of aliphatic carboxylic acids is 1. The van der Waals surface area contributed by atoms with Crippen LogP contribution in [0.4, 0.5) is 0 Å². The van der Waals surface area contributed by atoms with Crippen LogP contribution in [0.3, 0.4) is 0 Å². The maximum atomic E-state index is 12.2. The average molecular weight is 279 g/mol. The Morgan fingerprint density at radius 2 is 1.65 bits per heavy atom. The lowest BCUT2D eigenvalue weighted by Gasteiger charge is -2.28. The van der Waals surface area contributed by atoms with Gasteiger partial charge in [-0.2, -0.15) is 0 Å². The van der Waals surface area contributed by atoms with E-state index in [9.17, 15) is 19.8 Å². The normalized spacial score (nSPS) is 16.8. The van der Waals surface area contributed by atoms with Crippen LogP contribution < -0.4 is 5.32 Å². The van der Waals surface area contributed by atoms with Gasteiger partial charge in [0.1, 0.15) is 11.5 Å². The molecule has 0 atom stereocenters. The Labute approximate surface area is 116 Å². The molecule has 1 amide bonds. The number of carboxylic acid groups (broad SMARTS) is 1. The molecular weight excluding hydrogens is 262 g/mol. The third-order valence-electron chi connectivity index (χ3n) is 3.59. The number of hydrogen-bond acceptors (Lipinski definition) is 4. The summed E-state index contributed by atoms with van der Waals surface area (Å²) >= 11 is 0. The number of benzene rings is 1. The van der Waals surface area contributed by atoms with E-state index in [4.69, 9.17) is 5.11 Å². The van der Waals surface area contributed by atoms with Crippen LogP contribution in [-0.4, -0.2) is 32.7 Å². The van der Waals surface area contributed by atoms with E-state index in [1.165, 1.54) is 12.1 Å². The van der Waals surface area contributed by atoms with E-state index in [0.29, 0.717) is 12.8 Å². The number of phenolic OH excluding ortho intramolecular Hbond substituents is 2. The van der Waals surface area contributed by atoms with Crippen molar-refractivity contribution in [1.82, 2.24) is 5.32 Å². The maximum absolute atomic E-state index is 12.2. The minimum atomic E-state index is -0.953. The standard InChI is InChI=1S/C14H17NO5/c16-10-5-9(6-11(17)7-10)13(20)15-14(8-12(18)19)3-1-2-4-14/h5-7,16-17H,1-4,8H2,(H,15,20)(H,18,19). The molecule has 4 N–H and O–H groups in total. The highest BCUT2D eigenvalue weighted by Gasteiger charge is 2.37. The van der Waals surface area contributed by atoms with Crippen LogP contribution in [0.5, 0.6) is 11.5 Å². The molecule has 0 saturated heterocycles. The number of carbonyl (C=O) groups is 2. The maximum Gasteiger partial charge on any atom is 0.305 e. The van der Waals surface area contributed by atoms with Crippen molar-refractivity contribution in [3.8, 4) is 11.5 Å². The quantitative estimate of drug-likeness (QED) is 0.670. The van der Waals surface area contributed by atoms with Gasteiger partial charge in [-0.25, -0.2) is 0 Å². The van der Waals surface area contributed by atoms with Crippen molar-refractivity contribution in [2.24, 2.45) is 0 Å². The molecular formula is C14H17NO5. The molecule has 1 fully saturated rings. The zero-order valence-corrected chi connectivity index (χ0v) is 10.9. The van der Waals surface area contributed by atoms with E-state index >= 15 is 0 Å². The van der Waals surface area contributed by atoms with Crippen LogP contribution in [-0.2, 0) is 4.79 Å². The molecule has 1 aromatic carbocycles. The van der Waals surface area contributed by atoms with Gasteiger partial charge in [0.2, 0.25) is 0 Å². The Kier molecular flexibility index (Phi) is 3.83.